The molecule has 0 spiro atoms. The number of methoxy groups -OCH3 is 2. The van der Waals surface area contributed by atoms with Gasteiger partial charge in [0.25, 0.3) is 0 Å². The van der Waals surface area contributed by atoms with Crippen LogP contribution in [-0.4, -0.2) is 20.1 Å². The maximum absolute atomic E-state index is 12.2. The molecule has 0 atom stereocenters. The zero-order chi connectivity index (χ0) is 15.2. The van der Waals surface area contributed by atoms with Gasteiger partial charge in [-0.05, 0) is 30.2 Å². The molecule has 4 heteroatoms. The van der Waals surface area contributed by atoms with Crippen LogP contribution in [0.1, 0.15) is 11.1 Å². The van der Waals surface area contributed by atoms with Gasteiger partial charge >= 0.3 is 0 Å². The van der Waals surface area contributed by atoms with Crippen molar-refractivity contribution in [3.05, 3.63) is 53.6 Å². The van der Waals surface area contributed by atoms with Crippen molar-refractivity contribution >= 4 is 11.6 Å². The molecule has 0 bridgehead atoms. The highest BCUT2D eigenvalue weighted by Crippen LogP contribution is 2.29. The fourth-order valence-corrected chi connectivity index (χ4v) is 2.09. The van der Waals surface area contributed by atoms with Gasteiger partial charge in [0.2, 0.25) is 5.91 Å². The molecule has 1 amide bonds. The highest BCUT2D eigenvalue weighted by atomic mass is 16.5. The second-order valence-corrected chi connectivity index (χ2v) is 4.72. The molecule has 0 radical (unpaired) electrons. The Bertz CT molecular complexity index is 638. The van der Waals surface area contributed by atoms with Crippen LogP contribution in [0.5, 0.6) is 11.5 Å². The van der Waals surface area contributed by atoms with E-state index in [-0.39, 0.29) is 5.91 Å². The number of nitrogens with one attached hydrogen (secondary N) is 1. The van der Waals surface area contributed by atoms with Gasteiger partial charge in [-0.3, -0.25) is 4.79 Å². The summed E-state index contributed by atoms with van der Waals surface area (Å²) in [4.78, 5) is 12.2. The van der Waals surface area contributed by atoms with Crippen LogP contribution in [0.2, 0.25) is 0 Å². The van der Waals surface area contributed by atoms with Crippen LogP contribution in [0.3, 0.4) is 0 Å². The summed E-state index contributed by atoms with van der Waals surface area (Å²) < 4.78 is 10.4. The number of rotatable bonds is 5. The summed E-state index contributed by atoms with van der Waals surface area (Å²) >= 11 is 0. The fourth-order valence-electron chi connectivity index (χ4n) is 2.09. The molecule has 0 unspecified atom stereocenters. The molecule has 0 saturated carbocycles. The lowest BCUT2D eigenvalue weighted by molar-refractivity contribution is -0.115. The molecule has 0 heterocycles. The van der Waals surface area contributed by atoms with Gasteiger partial charge in [0.05, 0.1) is 26.3 Å². The van der Waals surface area contributed by atoms with Crippen LogP contribution in [0.15, 0.2) is 42.5 Å². The molecule has 0 fully saturated rings. The highest BCUT2D eigenvalue weighted by molar-refractivity contribution is 5.94. The Hall–Kier alpha value is -2.49. The molecule has 0 saturated heterocycles. The first kappa shape index (κ1) is 14.9. The van der Waals surface area contributed by atoms with Gasteiger partial charge in [-0.2, -0.15) is 0 Å². The van der Waals surface area contributed by atoms with Crippen LogP contribution in [0.25, 0.3) is 0 Å². The Balaban J connectivity index is 2.14. The van der Waals surface area contributed by atoms with E-state index in [9.17, 15) is 4.79 Å². The number of carbonyl (C=O) groups excluding carboxylic acids is 1. The lowest BCUT2D eigenvalue weighted by Crippen LogP contribution is -2.15. The maximum Gasteiger partial charge on any atom is 0.228 e. The summed E-state index contributed by atoms with van der Waals surface area (Å²) in [6, 6.07) is 13.1. The number of ether oxygens (including phenoxy) is 2. The summed E-state index contributed by atoms with van der Waals surface area (Å²) in [6.07, 6.45) is 0.326. The van der Waals surface area contributed by atoms with Crippen LogP contribution in [0, 0.1) is 6.92 Å². The normalized spacial score (nSPS) is 10.0. The smallest absolute Gasteiger partial charge is 0.228 e. The molecule has 0 aliphatic heterocycles. The Morgan fingerprint density at radius 3 is 2.52 bits per heavy atom. The number of carbonyl (C=O) groups is 1. The van der Waals surface area contributed by atoms with Gasteiger partial charge in [-0.25, -0.2) is 0 Å². The number of hydrogen-bond donors (Lipinski definition) is 1. The molecule has 4 nitrogen and oxygen atoms in total. The summed E-state index contributed by atoms with van der Waals surface area (Å²) in [6.45, 7) is 1.99. The third kappa shape index (κ3) is 3.75. The molecule has 1 N–H and O–H groups in total. The van der Waals surface area contributed by atoms with Crippen LogP contribution in [0.4, 0.5) is 5.69 Å². The molecule has 2 aromatic rings. The molecule has 2 rings (SSSR count). The Kier molecular flexibility index (Phi) is 4.82. The molecule has 0 aromatic heterocycles. The zero-order valence-corrected chi connectivity index (χ0v) is 12.5. The van der Waals surface area contributed by atoms with E-state index in [1.807, 2.05) is 31.2 Å². The van der Waals surface area contributed by atoms with Gasteiger partial charge in [0.1, 0.15) is 11.5 Å². The van der Waals surface area contributed by atoms with Gasteiger partial charge in [0.15, 0.2) is 0 Å². The lowest BCUT2D eigenvalue weighted by atomic mass is 10.1. The Morgan fingerprint density at radius 2 is 1.86 bits per heavy atom. The van der Waals surface area contributed by atoms with Crippen molar-refractivity contribution in [2.24, 2.45) is 0 Å². The number of hydrogen-bond acceptors (Lipinski definition) is 3. The predicted molar refractivity (Wildman–Crippen MR) is 83.1 cm³/mol. The minimum Gasteiger partial charge on any atom is -0.497 e. The van der Waals surface area contributed by atoms with Gasteiger partial charge in [-0.1, -0.05) is 24.3 Å². The SMILES string of the molecule is COc1ccc(OC)c(NC(=O)Cc2ccccc2C)c1. The van der Waals surface area contributed by atoms with Crippen molar-refractivity contribution in [3.8, 4) is 11.5 Å². The van der Waals surface area contributed by atoms with Crippen molar-refractivity contribution in [2.45, 2.75) is 13.3 Å². The summed E-state index contributed by atoms with van der Waals surface area (Å²) in [5.74, 6) is 1.19. The van der Waals surface area contributed by atoms with E-state index in [4.69, 9.17) is 9.47 Å². The molecule has 0 aliphatic carbocycles. The molecule has 2 aromatic carbocycles. The van der Waals surface area contributed by atoms with Crippen molar-refractivity contribution in [1.82, 2.24) is 0 Å². The zero-order valence-electron chi connectivity index (χ0n) is 12.5. The van der Waals surface area contributed by atoms with E-state index in [1.54, 1.807) is 32.4 Å². The quantitative estimate of drug-likeness (QED) is 0.917. The molecular weight excluding hydrogens is 266 g/mol. The van der Waals surface area contributed by atoms with E-state index in [2.05, 4.69) is 5.32 Å². The van der Waals surface area contributed by atoms with E-state index in [0.717, 1.165) is 11.1 Å². The molecule has 0 aliphatic rings. The summed E-state index contributed by atoms with van der Waals surface area (Å²) in [5, 5.41) is 2.87. The predicted octanol–water partition coefficient (Wildman–Crippen LogP) is 3.19. The van der Waals surface area contributed by atoms with Crippen LogP contribution < -0.4 is 14.8 Å². The Labute approximate surface area is 124 Å². The largest absolute Gasteiger partial charge is 0.497 e. The van der Waals surface area contributed by atoms with Crippen molar-refractivity contribution < 1.29 is 14.3 Å². The minimum absolute atomic E-state index is 0.0872. The number of amides is 1. The fraction of sp³-hybridized carbons (Fsp3) is 0.235. The van der Waals surface area contributed by atoms with Crippen molar-refractivity contribution in [2.75, 3.05) is 19.5 Å². The first-order chi connectivity index (χ1) is 10.1. The third-order valence-electron chi connectivity index (χ3n) is 3.29. The molecule has 110 valence electrons. The first-order valence-corrected chi connectivity index (χ1v) is 6.70. The van der Waals surface area contributed by atoms with Gasteiger partial charge in [-0.15, -0.1) is 0 Å². The summed E-state index contributed by atoms with van der Waals surface area (Å²) in [5.41, 5.74) is 2.72. The number of benzene rings is 2. The topological polar surface area (TPSA) is 47.6 Å². The second-order valence-electron chi connectivity index (χ2n) is 4.72. The summed E-state index contributed by atoms with van der Waals surface area (Å²) in [7, 11) is 3.15. The van der Waals surface area contributed by atoms with E-state index < -0.39 is 0 Å². The minimum atomic E-state index is -0.0872. The Morgan fingerprint density at radius 1 is 1.10 bits per heavy atom. The van der Waals surface area contributed by atoms with E-state index in [1.165, 1.54) is 0 Å². The van der Waals surface area contributed by atoms with Crippen LogP contribution in [-0.2, 0) is 11.2 Å². The lowest BCUT2D eigenvalue weighted by Gasteiger charge is -2.12. The number of anilines is 1. The van der Waals surface area contributed by atoms with Crippen LogP contribution >= 0.6 is 0 Å². The standard InChI is InChI=1S/C17H19NO3/c1-12-6-4-5-7-13(12)10-17(19)18-15-11-14(20-2)8-9-16(15)21-3/h4-9,11H,10H2,1-3H3,(H,18,19). The molecule has 21 heavy (non-hydrogen) atoms. The molecular formula is C17H19NO3. The van der Waals surface area contributed by atoms with E-state index in [0.29, 0.717) is 23.6 Å². The monoisotopic (exact) mass is 285 g/mol. The number of aryl methyl sites for hydroxylation is 1. The van der Waals surface area contributed by atoms with Gasteiger partial charge < -0.3 is 14.8 Å². The maximum atomic E-state index is 12.2. The second kappa shape index (κ2) is 6.79. The average molecular weight is 285 g/mol. The van der Waals surface area contributed by atoms with Gasteiger partial charge in [0, 0.05) is 6.07 Å². The van der Waals surface area contributed by atoms with Crippen molar-refractivity contribution in [1.29, 1.82) is 0 Å². The average Bonchev–Trinajstić information content (AvgIpc) is 2.49. The third-order valence-corrected chi connectivity index (χ3v) is 3.29. The first-order valence-electron chi connectivity index (χ1n) is 6.70. The highest BCUT2D eigenvalue weighted by Gasteiger charge is 2.10. The van der Waals surface area contributed by atoms with E-state index >= 15 is 0 Å². The van der Waals surface area contributed by atoms with Crippen molar-refractivity contribution in [3.63, 3.8) is 0 Å².